The van der Waals surface area contributed by atoms with Gasteiger partial charge in [0.05, 0.1) is 30.9 Å². The minimum Gasteiger partial charge on any atom is -0.478 e. The third-order valence-corrected chi connectivity index (χ3v) is 3.14. The van der Waals surface area contributed by atoms with Crippen molar-refractivity contribution in [3.63, 3.8) is 0 Å². The lowest BCUT2D eigenvalue weighted by molar-refractivity contribution is 0.327. The second kappa shape index (κ2) is 6.07. The molecule has 0 aromatic carbocycles. The zero-order chi connectivity index (χ0) is 15.5. The summed E-state index contributed by atoms with van der Waals surface area (Å²) in [5.74, 6) is 1.87. The van der Waals surface area contributed by atoms with E-state index in [1.165, 1.54) is 6.20 Å². The summed E-state index contributed by atoms with van der Waals surface area (Å²) in [6.45, 7) is 4.34. The Labute approximate surface area is 132 Å². The van der Waals surface area contributed by atoms with E-state index in [0.29, 0.717) is 29.2 Å². The lowest BCUT2D eigenvalue weighted by Gasteiger charge is -2.08. The van der Waals surface area contributed by atoms with Crippen molar-refractivity contribution in [1.29, 1.82) is 0 Å². The van der Waals surface area contributed by atoms with E-state index in [4.69, 9.17) is 16.3 Å². The van der Waals surface area contributed by atoms with Gasteiger partial charge in [0.25, 0.3) is 0 Å². The van der Waals surface area contributed by atoms with E-state index in [9.17, 15) is 0 Å². The minimum atomic E-state index is 0.328. The normalized spacial score (nSPS) is 10.7. The Hall–Kier alpha value is -2.54. The standard InChI is InChI=1S/C14H13ClN6O/c1-3-22-13-5-4-10(6-18-13)21-9(2)19-20-14(21)11-7-17-12(15)8-16-11/h4-8H,3H2,1-2H3. The van der Waals surface area contributed by atoms with Crippen LogP contribution in [-0.4, -0.2) is 36.3 Å². The van der Waals surface area contributed by atoms with Crippen LogP contribution in [0.2, 0.25) is 5.15 Å². The van der Waals surface area contributed by atoms with Gasteiger partial charge in [-0.05, 0) is 19.9 Å². The second-order valence-electron chi connectivity index (χ2n) is 4.42. The third kappa shape index (κ3) is 2.75. The van der Waals surface area contributed by atoms with Gasteiger partial charge in [0.1, 0.15) is 16.7 Å². The van der Waals surface area contributed by atoms with Crippen molar-refractivity contribution in [3.8, 4) is 23.1 Å². The molecule has 3 aromatic rings. The zero-order valence-corrected chi connectivity index (χ0v) is 12.8. The lowest BCUT2D eigenvalue weighted by atomic mass is 10.3. The van der Waals surface area contributed by atoms with E-state index in [1.807, 2.05) is 24.5 Å². The fourth-order valence-electron chi connectivity index (χ4n) is 2.00. The predicted molar refractivity (Wildman–Crippen MR) is 81.1 cm³/mol. The Bertz CT molecular complexity index is 769. The second-order valence-corrected chi connectivity index (χ2v) is 4.81. The number of hydrogen-bond donors (Lipinski definition) is 0. The van der Waals surface area contributed by atoms with Crippen molar-refractivity contribution in [2.24, 2.45) is 0 Å². The van der Waals surface area contributed by atoms with Crippen molar-refractivity contribution >= 4 is 11.6 Å². The van der Waals surface area contributed by atoms with E-state index in [2.05, 4.69) is 25.1 Å². The molecule has 0 spiro atoms. The Morgan fingerprint density at radius 3 is 2.59 bits per heavy atom. The van der Waals surface area contributed by atoms with Gasteiger partial charge in [0, 0.05) is 6.07 Å². The van der Waals surface area contributed by atoms with Crippen LogP contribution < -0.4 is 4.74 Å². The SMILES string of the molecule is CCOc1ccc(-n2c(C)nnc2-c2cnc(Cl)cn2)cn1. The monoisotopic (exact) mass is 316 g/mol. The largest absolute Gasteiger partial charge is 0.478 e. The molecule has 0 N–H and O–H groups in total. The van der Waals surface area contributed by atoms with E-state index in [1.54, 1.807) is 18.5 Å². The van der Waals surface area contributed by atoms with Gasteiger partial charge in [-0.1, -0.05) is 11.6 Å². The molecule has 0 unspecified atom stereocenters. The number of pyridine rings is 1. The first-order valence-electron chi connectivity index (χ1n) is 6.68. The molecule has 22 heavy (non-hydrogen) atoms. The van der Waals surface area contributed by atoms with Crippen LogP contribution in [0, 0.1) is 6.92 Å². The maximum atomic E-state index is 5.77. The number of nitrogens with zero attached hydrogens (tertiary/aromatic N) is 6. The Morgan fingerprint density at radius 1 is 1.09 bits per heavy atom. The van der Waals surface area contributed by atoms with E-state index < -0.39 is 0 Å². The van der Waals surface area contributed by atoms with E-state index >= 15 is 0 Å². The molecule has 0 aliphatic rings. The highest BCUT2D eigenvalue weighted by atomic mass is 35.5. The number of ether oxygens (including phenoxy) is 1. The van der Waals surface area contributed by atoms with Crippen LogP contribution in [0.3, 0.4) is 0 Å². The summed E-state index contributed by atoms with van der Waals surface area (Å²) in [7, 11) is 0. The highest BCUT2D eigenvalue weighted by Crippen LogP contribution is 2.21. The molecule has 3 aromatic heterocycles. The third-order valence-electron chi connectivity index (χ3n) is 2.95. The van der Waals surface area contributed by atoms with Gasteiger partial charge in [-0.25, -0.2) is 15.0 Å². The number of rotatable bonds is 4. The van der Waals surface area contributed by atoms with Crippen molar-refractivity contribution in [2.75, 3.05) is 6.61 Å². The number of aryl methyl sites for hydroxylation is 1. The molecule has 7 nitrogen and oxygen atoms in total. The minimum absolute atomic E-state index is 0.328. The van der Waals surface area contributed by atoms with Crippen LogP contribution >= 0.6 is 11.6 Å². The van der Waals surface area contributed by atoms with Gasteiger partial charge in [-0.2, -0.15) is 0 Å². The van der Waals surface area contributed by atoms with Crippen LogP contribution in [0.25, 0.3) is 17.2 Å². The highest BCUT2D eigenvalue weighted by molar-refractivity contribution is 6.29. The van der Waals surface area contributed by atoms with Crippen molar-refractivity contribution in [1.82, 2.24) is 29.7 Å². The summed E-state index contributed by atoms with van der Waals surface area (Å²) in [4.78, 5) is 12.5. The number of aromatic nitrogens is 6. The molecule has 0 saturated carbocycles. The fourth-order valence-corrected chi connectivity index (χ4v) is 2.10. The van der Waals surface area contributed by atoms with Gasteiger partial charge in [-0.3, -0.25) is 4.57 Å². The van der Waals surface area contributed by atoms with Crippen LogP contribution in [-0.2, 0) is 0 Å². The summed E-state index contributed by atoms with van der Waals surface area (Å²) in [6, 6.07) is 3.69. The summed E-state index contributed by atoms with van der Waals surface area (Å²) >= 11 is 5.77. The van der Waals surface area contributed by atoms with Gasteiger partial charge in [-0.15, -0.1) is 10.2 Å². The molecule has 0 bridgehead atoms. The summed E-state index contributed by atoms with van der Waals surface area (Å²) in [6.07, 6.45) is 4.74. The molecule has 112 valence electrons. The molecule has 0 fully saturated rings. The Morgan fingerprint density at radius 2 is 1.95 bits per heavy atom. The van der Waals surface area contributed by atoms with Crippen LogP contribution in [0.5, 0.6) is 5.88 Å². The van der Waals surface area contributed by atoms with Crippen LogP contribution in [0.1, 0.15) is 12.7 Å². The maximum Gasteiger partial charge on any atom is 0.213 e. The average Bonchev–Trinajstić information content (AvgIpc) is 2.91. The first-order valence-corrected chi connectivity index (χ1v) is 7.06. The van der Waals surface area contributed by atoms with Crippen molar-refractivity contribution in [3.05, 3.63) is 41.7 Å². The van der Waals surface area contributed by atoms with Crippen molar-refractivity contribution < 1.29 is 4.74 Å². The number of halogens is 1. The molecular formula is C14H13ClN6O. The quantitative estimate of drug-likeness (QED) is 0.735. The molecule has 0 saturated heterocycles. The summed E-state index contributed by atoms with van der Waals surface area (Å²) in [5.41, 5.74) is 1.40. The zero-order valence-electron chi connectivity index (χ0n) is 12.1. The first kappa shape index (κ1) is 14.4. The Balaban J connectivity index is 2.03. The summed E-state index contributed by atoms with van der Waals surface area (Å²) < 4.78 is 7.20. The van der Waals surface area contributed by atoms with Gasteiger partial charge < -0.3 is 4.74 Å². The number of hydrogen-bond acceptors (Lipinski definition) is 6. The van der Waals surface area contributed by atoms with Gasteiger partial charge in [0.2, 0.25) is 5.88 Å². The molecule has 8 heteroatoms. The summed E-state index contributed by atoms with van der Waals surface area (Å²) in [5, 5.41) is 8.59. The molecule has 3 rings (SSSR count). The molecule has 0 atom stereocenters. The maximum absolute atomic E-state index is 5.77. The smallest absolute Gasteiger partial charge is 0.213 e. The molecule has 0 aliphatic carbocycles. The fraction of sp³-hybridized carbons (Fsp3) is 0.214. The molecule has 3 heterocycles. The topological polar surface area (TPSA) is 78.6 Å². The van der Waals surface area contributed by atoms with Crippen molar-refractivity contribution in [2.45, 2.75) is 13.8 Å². The highest BCUT2D eigenvalue weighted by Gasteiger charge is 2.14. The van der Waals surface area contributed by atoms with Crippen LogP contribution in [0.15, 0.2) is 30.7 Å². The molecule has 0 aliphatic heterocycles. The Kier molecular flexibility index (Phi) is 3.97. The molecule has 0 radical (unpaired) electrons. The predicted octanol–water partition coefficient (Wildman–Crippen LogP) is 2.48. The van der Waals surface area contributed by atoms with Gasteiger partial charge in [0.15, 0.2) is 5.82 Å². The lowest BCUT2D eigenvalue weighted by Crippen LogP contribution is -2.02. The van der Waals surface area contributed by atoms with E-state index in [-0.39, 0.29) is 0 Å². The van der Waals surface area contributed by atoms with Crippen LogP contribution in [0.4, 0.5) is 0 Å². The molecular weight excluding hydrogens is 304 g/mol. The van der Waals surface area contributed by atoms with E-state index in [0.717, 1.165) is 11.5 Å². The first-order chi connectivity index (χ1) is 10.7. The molecule has 0 amide bonds. The van der Waals surface area contributed by atoms with Gasteiger partial charge >= 0.3 is 0 Å². The average molecular weight is 317 g/mol.